The maximum Gasteiger partial charge on any atom is 0.123 e. The second-order valence-electron chi connectivity index (χ2n) is 5.67. The summed E-state index contributed by atoms with van der Waals surface area (Å²) < 4.78 is 11.6. The number of hydrogen-bond donors (Lipinski definition) is 1. The molecule has 1 N–H and O–H groups in total. The van der Waals surface area contributed by atoms with Crippen molar-refractivity contribution in [2.45, 2.75) is 38.5 Å². The van der Waals surface area contributed by atoms with Crippen LogP contribution in [0.25, 0.3) is 0 Å². The van der Waals surface area contributed by atoms with Gasteiger partial charge in [-0.05, 0) is 37.0 Å². The largest absolute Gasteiger partial charge is 0.492 e. The number of ether oxygens (including phenoxy) is 2. The number of aliphatic hydroxyl groups excluding tert-OH is 1. The van der Waals surface area contributed by atoms with Gasteiger partial charge in [-0.25, -0.2) is 0 Å². The van der Waals surface area contributed by atoms with E-state index in [1.54, 1.807) is 0 Å². The molecule has 110 valence electrons. The van der Waals surface area contributed by atoms with E-state index in [9.17, 15) is 5.11 Å². The molecule has 0 saturated carbocycles. The van der Waals surface area contributed by atoms with Crippen LogP contribution < -0.4 is 4.74 Å². The van der Waals surface area contributed by atoms with Crippen LogP contribution in [0.2, 0.25) is 0 Å². The zero-order valence-corrected chi connectivity index (χ0v) is 11.9. The molecule has 20 heavy (non-hydrogen) atoms. The van der Waals surface area contributed by atoms with Crippen LogP contribution in [0, 0.1) is 0 Å². The standard InChI is InChI=1S/C16H23NO3/c18-12-13-4-5-16-14(9-13)10-17(6-8-20-16)11-15-3-1-2-7-19-15/h4-5,9,15,18H,1-3,6-8,10-12H2. The van der Waals surface area contributed by atoms with Gasteiger partial charge < -0.3 is 14.6 Å². The minimum atomic E-state index is 0.0824. The lowest BCUT2D eigenvalue weighted by Gasteiger charge is -2.28. The Morgan fingerprint density at radius 3 is 3.00 bits per heavy atom. The molecule has 0 spiro atoms. The van der Waals surface area contributed by atoms with Gasteiger partial charge in [0.2, 0.25) is 0 Å². The average molecular weight is 277 g/mol. The molecular formula is C16H23NO3. The maximum atomic E-state index is 9.26. The number of fused-ring (bicyclic) bond motifs is 1. The van der Waals surface area contributed by atoms with Crippen molar-refractivity contribution >= 4 is 0 Å². The summed E-state index contributed by atoms with van der Waals surface area (Å²) in [5, 5.41) is 9.26. The van der Waals surface area contributed by atoms with Gasteiger partial charge in [0.1, 0.15) is 12.4 Å². The summed E-state index contributed by atoms with van der Waals surface area (Å²) in [5.74, 6) is 0.953. The summed E-state index contributed by atoms with van der Waals surface area (Å²) in [6, 6.07) is 5.95. The third-order valence-electron chi connectivity index (χ3n) is 4.10. The van der Waals surface area contributed by atoms with Gasteiger partial charge in [-0.3, -0.25) is 4.90 Å². The Morgan fingerprint density at radius 2 is 2.20 bits per heavy atom. The van der Waals surface area contributed by atoms with Gasteiger partial charge in [-0.2, -0.15) is 0 Å². The Hall–Kier alpha value is -1.10. The number of nitrogens with zero attached hydrogens (tertiary/aromatic N) is 1. The molecule has 0 radical (unpaired) electrons. The highest BCUT2D eigenvalue weighted by atomic mass is 16.5. The minimum Gasteiger partial charge on any atom is -0.492 e. The molecule has 3 rings (SSSR count). The van der Waals surface area contributed by atoms with Crippen LogP contribution in [-0.4, -0.2) is 42.4 Å². The van der Waals surface area contributed by atoms with E-state index < -0.39 is 0 Å². The molecule has 2 aliphatic rings. The van der Waals surface area contributed by atoms with E-state index in [1.807, 2.05) is 12.1 Å². The number of rotatable bonds is 3. The molecule has 0 amide bonds. The molecule has 1 saturated heterocycles. The van der Waals surface area contributed by atoms with E-state index in [2.05, 4.69) is 11.0 Å². The van der Waals surface area contributed by atoms with E-state index in [0.29, 0.717) is 6.10 Å². The minimum absolute atomic E-state index is 0.0824. The van der Waals surface area contributed by atoms with Crippen molar-refractivity contribution in [3.63, 3.8) is 0 Å². The molecule has 2 heterocycles. The number of benzene rings is 1. The van der Waals surface area contributed by atoms with Gasteiger partial charge >= 0.3 is 0 Å². The quantitative estimate of drug-likeness (QED) is 0.917. The van der Waals surface area contributed by atoms with Gasteiger partial charge in [0.05, 0.1) is 12.7 Å². The van der Waals surface area contributed by atoms with Gasteiger partial charge in [-0.1, -0.05) is 6.07 Å². The van der Waals surface area contributed by atoms with Crippen LogP contribution in [0.15, 0.2) is 18.2 Å². The van der Waals surface area contributed by atoms with Crippen LogP contribution in [0.1, 0.15) is 30.4 Å². The van der Waals surface area contributed by atoms with Gasteiger partial charge in [0.15, 0.2) is 0 Å². The monoisotopic (exact) mass is 277 g/mol. The lowest BCUT2D eigenvalue weighted by atomic mass is 10.1. The summed E-state index contributed by atoms with van der Waals surface area (Å²) in [6.07, 6.45) is 4.01. The second kappa shape index (κ2) is 6.57. The maximum absolute atomic E-state index is 9.26. The zero-order chi connectivity index (χ0) is 13.8. The highest BCUT2D eigenvalue weighted by Crippen LogP contribution is 2.25. The molecule has 1 aromatic carbocycles. The average Bonchev–Trinajstić information content (AvgIpc) is 2.69. The molecule has 1 unspecified atom stereocenters. The summed E-state index contributed by atoms with van der Waals surface area (Å²) in [7, 11) is 0. The SMILES string of the molecule is OCc1ccc2c(c1)CN(CC1CCCCO1)CCO2. The fraction of sp³-hybridized carbons (Fsp3) is 0.625. The molecular weight excluding hydrogens is 254 g/mol. The third kappa shape index (κ3) is 3.32. The van der Waals surface area contributed by atoms with E-state index in [4.69, 9.17) is 9.47 Å². The summed E-state index contributed by atoms with van der Waals surface area (Å²) in [5.41, 5.74) is 2.12. The Morgan fingerprint density at radius 1 is 1.25 bits per heavy atom. The normalized spacial score (nSPS) is 23.8. The number of aliphatic hydroxyl groups is 1. The second-order valence-corrected chi connectivity index (χ2v) is 5.67. The predicted octanol–water partition coefficient (Wildman–Crippen LogP) is 1.94. The highest BCUT2D eigenvalue weighted by molar-refractivity contribution is 5.37. The smallest absolute Gasteiger partial charge is 0.123 e. The first-order valence-electron chi connectivity index (χ1n) is 7.54. The molecule has 1 atom stereocenters. The highest BCUT2D eigenvalue weighted by Gasteiger charge is 2.21. The zero-order valence-electron chi connectivity index (χ0n) is 11.9. The third-order valence-corrected chi connectivity index (χ3v) is 4.10. The van der Waals surface area contributed by atoms with Crippen LogP contribution in [-0.2, 0) is 17.9 Å². The van der Waals surface area contributed by atoms with E-state index >= 15 is 0 Å². The molecule has 0 aliphatic carbocycles. The molecule has 0 aromatic heterocycles. The Balaban J connectivity index is 1.68. The Kier molecular flexibility index (Phi) is 4.55. The fourth-order valence-corrected chi connectivity index (χ4v) is 3.00. The molecule has 0 bridgehead atoms. The van der Waals surface area contributed by atoms with E-state index in [0.717, 1.165) is 44.2 Å². The molecule has 2 aliphatic heterocycles. The van der Waals surface area contributed by atoms with Gasteiger partial charge in [0.25, 0.3) is 0 Å². The van der Waals surface area contributed by atoms with Crippen molar-refractivity contribution in [2.75, 3.05) is 26.3 Å². The topological polar surface area (TPSA) is 41.9 Å². The summed E-state index contributed by atoms with van der Waals surface area (Å²) >= 11 is 0. The van der Waals surface area contributed by atoms with Crippen molar-refractivity contribution in [3.8, 4) is 5.75 Å². The summed E-state index contributed by atoms with van der Waals surface area (Å²) in [6.45, 7) is 4.50. The Labute approximate surface area is 120 Å². The van der Waals surface area contributed by atoms with Gasteiger partial charge in [0, 0.05) is 31.8 Å². The van der Waals surface area contributed by atoms with Crippen molar-refractivity contribution < 1.29 is 14.6 Å². The molecule has 1 fully saturated rings. The van der Waals surface area contributed by atoms with E-state index in [-0.39, 0.29) is 6.61 Å². The molecule has 4 nitrogen and oxygen atoms in total. The van der Waals surface area contributed by atoms with Crippen molar-refractivity contribution in [2.24, 2.45) is 0 Å². The number of hydrogen-bond acceptors (Lipinski definition) is 4. The predicted molar refractivity (Wildman–Crippen MR) is 76.7 cm³/mol. The van der Waals surface area contributed by atoms with Gasteiger partial charge in [-0.15, -0.1) is 0 Å². The molecule has 4 heteroatoms. The fourth-order valence-electron chi connectivity index (χ4n) is 3.00. The van der Waals surface area contributed by atoms with E-state index in [1.165, 1.54) is 24.8 Å². The first-order valence-corrected chi connectivity index (χ1v) is 7.54. The van der Waals surface area contributed by atoms with Crippen molar-refractivity contribution in [3.05, 3.63) is 29.3 Å². The first kappa shape index (κ1) is 13.9. The summed E-state index contributed by atoms with van der Waals surface area (Å²) in [4.78, 5) is 2.41. The lowest BCUT2D eigenvalue weighted by molar-refractivity contribution is -0.00766. The van der Waals surface area contributed by atoms with Crippen LogP contribution in [0.3, 0.4) is 0 Å². The van der Waals surface area contributed by atoms with Crippen molar-refractivity contribution in [1.82, 2.24) is 4.90 Å². The molecule has 1 aromatic rings. The van der Waals surface area contributed by atoms with Crippen LogP contribution in [0.5, 0.6) is 5.75 Å². The van der Waals surface area contributed by atoms with Crippen LogP contribution >= 0.6 is 0 Å². The van der Waals surface area contributed by atoms with Crippen molar-refractivity contribution in [1.29, 1.82) is 0 Å². The Bertz CT molecular complexity index is 443. The first-order chi connectivity index (χ1) is 9.85. The van der Waals surface area contributed by atoms with Crippen LogP contribution in [0.4, 0.5) is 0 Å². The lowest BCUT2D eigenvalue weighted by Crippen LogP contribution is -2.36.